The Morgan fingerprint density at radius 2 is 2.17 bits per heavy atom. The molecule has 1 heterocycles. The fourth-order valence-electron chi connectivity index (χ4n) is 1.34. The van der Waals surface area contributed by atoms with Gasteiger partial charge < -0.3 is 10.6 Å². The van der Waals surface area contributed by atoms with Gasteiger partial charge in [0.25, 0.3) is 0 Å². The molecular weight excluding hydrogens is 244 g/mol. The lowest BCUT2D eigenvalue weighted by Crippen LogP contribution is -2.43. The van der Waals surface area contributed by atoms with Crippen molar-refractivity contribution in [3.63, 3.8) is 0 Å². The maximum atomic E-state index is 4.52. The summed E-state index contributed by atoms with van der Waals surface area (Å²) in [5.74, 6) is 1.41. The number of nitrogens with zero attached hydrogens (tertiary/aromatic N) is 2. The van der Waals surface area contributed by atoms with E-state index in [4.69, 9.17) is 0 Å². The number of guanidine groups is 1. The lowest BCUT2D eigenvalue weighted by molar-refractivity contribution is 0.480. The van der Waals surface area contributed by atoms with Crippen molar-refractivity contribution in [2.75, 3.05) is 7.05 Å². The fraction of sp³-hybridized carbons (Fsp3) is 0.692. The zero-order valence-corrected chi connectivity index (χ0v) is 12.8. The molecule has 102 valence electrons. The summed E-state index contributed by atoms with van der Waals surface area (Å²) < 4.78 is 0. The van der Waals surface area contributed by atoms with Gasteiger partial charge in [0.1, 0.15) is 0 Å². The van der Waals surface area contributed by atoms with Gasteiger partial charge in [0.15, 0.2) is 5.96 Å². The number of hydrogen-bond donors (Lipinski definition) is 2. The molecule has 0 aliphatic rings. The van der Waals surface area contributed by atoms with E-state index in [0.29, 0.717) is 12.0 Å². The van der Waals surface area contributed by atoms with Crippen LogP contribution in [0.2, 0.25) is 0 Å². The molecule has 2 N–H and O–H groups in total. The Morgan fingerprint density at radius 1 is 1.44 bits per heavy atom. The number of aryl methyl sites for hydroxylation is 1. The van der Waals surface area contributed by atoms with E-state index in [-0.39, 0.29) is 0 Å². The van der Waals surface area contributed by atoms with Gasteiger partial charge in [-0.15, -0.1) is 11.3 Å². The Labute approximate surface area is 114 Å². The van der Waals surface area contributed by atoms with Gasteiger partial charge in [0.05, 0.1) is 17.2 Å². The van der Waals surface area contributed by atoms with Crippen molar-refractivity contribution in [1.29, 1.82) is 0 Å². The Kier molecular flexibility index (Phi) is 6.12. The summed E-state index contributed by atoms with van der Waals surface area (Å²) in [5, 5.41) is 9.95. The molecule has 1 rings (SSSR count). The summed E-state index contributed by atoms with van der Waals surface area (Å²) >= 11 is 1.72. The van der Waals surface area contributed by atoms with E-state index in [9.17, 15) is 0 Å². The maximum Gasteiger partial charge on any atom is 0.191 e. The van der Waals surface area contributed by atoms with Gasteiger partial charge in [-0.3, -0.25) is 4.99 Å². The highest BCUT2D eigenvalue weighted by molar-refractivity contribution is 7.09. The number of rotatable bonds is 5. The Bertz CT molecular complexity index is 384. The predicted octanol–water partition coefficient (Wildman–Crippen LogP) is 2.42. The van der Waals surface area contributed by atoms with E-state index in [1.165, 1.54) is 5.01 Å². The molecule has 4 nitrogen and oxygen atoms in total. The quantitative estimate of drug-likeness (QED) is 0.637. The minimum atomic E-state index is 0.401. The Hall–Kier alpha value is -1.10. The average Bonchev–Trinajstić information content (AvgIpc) is 2.81. The Morgan fingerprint density at radius 3 is 2.67 bits per heavy atom. The molecule has 0 aliphatic carbocycles. The summed E-state index contributed by atoms with van der Waals surface area (Å²) in [6.45, 7) is 9.40. The van der Waals surface area contributed by atoms with E-state index >= 15 is 0 Å². The van der Waals surface area contributed by atoms with Crippen LogP contribution >= 0.6 is 11.3 Å². The molecule has 5 heteroatoms. The molecule has 0 aliphatic heterocycles. The highest BCUT2D eigenvalue weighted by atomic mass is 32.1. The molecule has 0 fully saturated rings. The van der Waals surface area contributed by atoms with Gasteiger partial charge in [-0.2, -0.15) is 0 Å². The monoisotopic (exact) mass is 268 g/mol. The molecular formula is C13H24N4S. The highest BCUT2D eigenvalue weighted by Gasteiger charge is 2.09. The van der Waals surface area contributed by atoms with Gasteiger partial charge in [0, 0.05) is 18.5 Å². The van der Waals surface area contributed by atoms with E-state index in [1.54, 1.807) is 18.4 Å². The van der Waals surface area contributed by atoms with E-state index in [2.05, 4.69) is 53.7 Å². The second-order valence-corrected chi connectivity index (χ2v) is 5.63. The van der Waals surface area contributed by atoms with Crippen LogP contribution in [0.25, 0.3) is 0 Å². The first-order valence-corrected chi connectivity index (χ1v) is 7.35. The third-order valence-corrected chi connectivity index (χ3v) is 3.97. The lowest BCUT2D eigenvalue weighted by Gasteiger charge is -2.20. The number of thiazole rings is 1. The molecule has 0 amide bonds. The molecule has 0 aromatic carbocycles. The standard InChI is InChI=1S/C13H24N4S/c1-6-12-17-11(8-18-12)7-15-13(14-5)16-10(4)9(2)3/h8-10H,6-7H2,1-5H3,(H2,14,15,16). The molecule has 1 aromatic heterocycles. The predicted molar refractivity (Wildman–Crippen MR) is 79.1 cm³/mol. The van der Waals surface area contributed by atoms with Crippen LogP contribution in [-0.4, -0.2) is 24.0 Å². The smallest absolute Gasteiger partial charge is 0.191 e. The minimum absolute atomic E-state index is 0.401. The first-order valence-electron chi connectivity index (χ1n) is 6.47. The Balaban J connectivity index is 2.45. The van der Waals surface area contributed by atoms with Crippen LogP contribution in [0, 0.1) is 5.92 Å². The summed E-state index contributed by atoms with van der Waals surface area (Å²) in [7, 11) is 1.79. The van der Waals surface area contributed by atoms with Crippen LogP contribution in [0.1, 0.15) is 38.4 Å². The van der Waals surface area contributed by atoms with Gasteiger partial charge >= 0.3 is 0 Å². The van der Waals surface area contributed by atoms with Crippen LogP contribution < -0.4 is 10.6 Å². The number of nitrogens with one attached hydrogen (secondary N) is 2. The summed E-state index contributed by atoms with van der Waals surface area (Å²) in [5.41, 5.74) is 1.08. The van der Waals surface area contributed by atoms with Crippen molar-refractivity contribution in [3.8, 4) is 0 Å². The second kappa shape index (κ2) is 7.36. The number of aromatic nitrogens is 1. The van der Waals surface area contributed by atoms with E-state index in [0.717, 1.165) is 24.6 Å². The molecule has 1 unspecified atom stereocenters. The first-order chi connectivity index (χ1) is 8.56. The number of aliphatic imine (C=N–C) groups is 1. The molecule has 0 saturated heterocycles. The van der Waals surface area contributed by atoms with Crippen LogP contribution in [0.3, 0.4) is 0 Å². The van der Waals surface area contributed by atoms with E-state index in [1.807, 2.05) is 0 Å². The van der Waals surface area contributed by atoms with Crippen molar-refractivity contribution in [1.82, 2.24) is 15.6 Å². The van der Waals surface area contributed by atoms with Crippen LogP contribution in [-0.2, 0) is 13.0 Å². The van der Waals surface area contributed by atoms with Gasteiger partial charge in [-0.1, -0.05) is 20.8 Å². The largest absolute Gasteiger partial charge is 0.354 e. The molecule has 0 bridgehead atoms. The molecule has 18 heavy (non-hydrogen) atoms. The zero-order chi connectivity index (χ0) is 13.5. The molecule has 1 aromatic rings. The maximum absolute atomic E-state index is 4.52. The highest BCUT2D eigenvalue weighted by Crippen LogP contribution is 2.09. The number of hydrogen-bond acceptors (Lipinski definition) is 3. The van der Waals surface area contributed by atoms with Gasteiger partial charge in [-0.25, -0.2) is 4.98 Å². The van der Waals surface area contributed by atoms with E-state index < -0.39 is 0 Å². The van der Waals surface area contributed by atoms with Crippen molar-refractivity contribution in [3.05, 3.63) is 16.1 Å². The second-order valence-electron chi connectivity index (χ2n) is 4.69. The van der Waals surface area contributed by atoms with Crippen molar-refractivity contribution in [2.45, 2.75) is 46.7 Å². The SMILES string of the molecule is CCc1nc(CNC(=NC)NC(C)C(C)C)cs1. The molecule has 1 atom stereocenters. The topological polar surface area (TPSA) is 49.3 Å². The summed E-state index contributed by atoms with van der Waals surface area (Å²) in [6, 6.07) is 0.401. The third-order valence-electron chi connectivity index (χ3n) is 2.93. The molecule has 0 radical (unpaired) electrons. The molecule has 0 spiro atoms. The fourth-order valence-corrected chi connectivity index (χ4v) is 2.09. The van der Waals surface area contributed by atoms with Crippen LogP contribution in [0.15, 0.2) is 10.4 Å². The van der Waals surface area contributed by atoms with Crippen LogP contribution in [0.5, 0.6) is 0 Å². The summed E-state index contributed by atoms with van der Waals surface area (Å²) in [6.07, 6.45) is 1.00. The van der Waals surface area contributed by atoms with Crippen LogP contribution in [0.4, 0.5) is 0 Å². The summed E-state index contributed by atoms with van der Waals surface area (Å²) in [4.78, 5) is 8.74. The van der Waals surface area contributed by atoms with Crippen molar-refractivity contribution < 1.29 is 0 Å². The first kappa shape index (κ1) is 15.0. The molecule has 0 saturated carbocycles. The lowest BCUT2D eigenvalue weighted by atomic mass is 10.1. The van der Waals surface area contributed by atoms with Crippen molar-refractivity contribution in [2.24, 2.45) is 10.9 Å². The van der Waals surface area contributed by atoms with Gasteiger partial charge in [0.2, 0.25) is 0 Å². The third kappa shape index (κ3) is 4.64. The van der Waals surface area contributed by atoms with Gasteiger partial charge in [-0.05, 0) is 19.3 Å². The normalized spacial score (nSPS) is 13.8. The minimum Gasteiger partial charge on any atom is -0.354 e. The average molecular weight is 268 g/mol. The zero-order valence-electron chi connectivity index (χ0n) is 11.9. The van der Waals surface area contributed by atoms with Crippen molar-refractivity contribution >= 4 is 17.3 Å².